The second kappa shape index (κ2) is 3.84. The zero-order chi connectivity index (χ0) is 12.7. The van der Waals surface area contributed by atoms with Crippen LogP contribution in [0, 0.1) is 0 Å². The molecule has 2 aromatic heterocycles. The zero-order valence-electron chi connectivity index (χ0n) is 10.0. The van der Waals surface area contributed by atoms with Crippen LogP contribution in [0.25, 0.3) is 21.8 Å². The molecule has 0 saturated carbocycles. The number of nitrogens with zero attached hydrogens (tertiary/aromatic N) is 2. The van der Waals surface area contributed by atoms with E-state index in [2.05, 4.69) is 25.7 Å². The van der Waals surface area contributed by atoms with Gasteiger partial charge in [-0.1, -0.05) is 12.1 Å². The predicted molar refractivity (Wildman–Crippen MR) is 75.5 cm³/mol. The van der Waals surface area contributed by atoms with Gasteiger partial charge in [0.25, 0.3) is 0 Å². The van der Waals surface area contributed by atoms with Gasteiger partial charge in [-0.15, -0.1) is 0 Å². The highest BCUT2D eigenvalue weighted by molar-refractivity contribution is 5.92. The van der Waals surface area contributed by atoms with E-state index in [4.69, 9.17) is 0 Å². The summed E-state index contributed by atoms with van der Waals surface area (Å²) in [5.41, 5.74) is 3.04. The number of fused-ring (bicyclic) bond motifs is 2. The molecule has 0 aliphatic carbocycles. The largest absolute Gasteiger partial charge is 0.338 e. The Hall–Kier alpha value is -2.82. The normalized spacial score (nSPS) is 11.2. The maximum absolute atomic E-state index is 4.30. The summed E-state index contributed by atoms with van der Waals surface area (Å²) >= 11 is 0. The predicted octanol–water partition coefficient (Wildman–Crippen LogP) is 3.18. The highest BCUT2D eigenvalue weighted by Crippen LogP contribution is 2.25. The molecule has 2 aromatic carbocycles. The first-order valence-corrected chi connectivity index (χ1v) is 6.03. The molecular formula is C14H11N5. The number of nitrogens with one attached hydrogen (secondary N) is 3. The maximum atomic E-state index is 4.30. The Bertz CT molecular complexity index is 858. The van der Waals surface area contributed by atoms with Gasteiger partial charge in [0.1, 0.15) is 0 Å². The van der Waals surface area contributed by atoms with Gasteiger partial charge in [-0.3, -0.25) is 10.2 Å². The van der Waals surface area contributed by atoms with Gasteiger partial charge in [-0.25, -0.2) is 0 Å². The van der Waals surface area contributed by atoms with E-state index in [0.717, 1.165) is 33.3 Å². The molecule has 0 unspecified atom stereocenters. The van der Waals surface area contributed by atoms with Crippen molar-refractivity contribution in [1.29, 1.82) is 0 Å². The lowest BCUT2D eigenvalue weighted by Gasteiger charge is -2.03. The molecule has 5 heteroatoms. The van der Waals surface area contributed by atoms with E-state index in [-0.39, 0.29) is 0 Å². The van der Waals surface area contributed by atoms with Crippen molar-refractivity contribution in [2.45, 2.75) is 0 Å². The number of hydrogen-bond donors (Lipinski definition) is 3. The van der Waals surface area contributed by atoms with Crippen LogP contribution in [-0.4, -0.2) is 20.4 Å². The molecule has 2 heterocycles. The minimum Gasteiger partial charge on any atom is -0.338 e. The number of rotatable bonds is 2. The molecule has 4 rings (SSSR count). The Morgan fingerprint density at radius 3 is 2.89 bits per heavy atom. The molecule has 0 fully saturated rings. The summed E-state index contributed by atoms with van der Waals surface area (Å²) in [5.74, 6) is 0.832. The van der Waals surface area contributed by atoms with Gasteiger partial charge >= 0.3 is 0 Å². The average molecular weight is 249 g/mol. The van der Waals surface area contributed by atoms with E-state index in [1.54, 1.807) is 0 Å². The first kappa shape index (κ1) is 10.1. The van der Waals surface area contributed by atoms with Crippen LogP contribution >= 0.6 is 0 Å². The molecule has 0 amide bonds. The molecule has 19 heavy (non-hydrogen) atoms. The van der Waals surface area contributed by atoms with Crippen molar-refractivity contribution >= 4 is 33.3 Å². The molecule has 0 atom stereocenters. The third-order valence-corrected chi connectivity index (χ3v) is 3.17. The number of aromatic nitrogens is 4. The molecule has 0 aliphatic rings. The van der Waals surface area contributed by atoms with E-state index in [1.807, 2.05) is 48.7 Å². The highest BCUT2D eigenvalue weighted by Gasteiger charge is 2.05. The van der Waals surface area contributed by atoms with Crippen LogP contribution in [-0.2, 0) is 0 Å². The smallest absolute Gasteiger partial charge is 0.160 e. The zero-order valence-corrected chi connectivity index (χ0v) is 10.0. The minimum absolute atomic E-state index is 0.832. The first-order valence-electron chi connectivity index (χ1n) is 6.03. The van der Waals surface area contributed by atoms with Gasteiger partial charge in [-0.2, -0.15) is 10.2 Å². The van der Waals surface area contributed by atoms with Crippen molar-refractivity contribution in [3.8, 4) is 0 Å². The summed E-state index contributed by atoms with van der Waals surface area (Å²) in [6.07, 6.45) is 1.81. The topological polar surface area (TPSA) is 69.4 Å². The fraction of sp³-hybridized carbons (Fsp3) is 0. The van der Waals surface area contributed by atoms with Crippen LogP contribution in [0.2, 0.25) is 0 Å². The third kappa shape index (κ3) is 1.63. The summed E-state index contributed by atoms with van der Waals surface area (Å²) < 4.78 is 0. The van der Waals surface area contributed by atoms with Crippen molar-refractivity contribution in [1.82, 2.24) is 20.4 Å². The van der Waals surface area contributed by atoms with Crippen molar-refractivity contribution in [3.63, 3.8) is 0 Å². The Labute approximate surface area is 108 Å². The van der Waals surface area contributed by atoms with Crippen LogP contribution in [0.5, 0.6) is 0 Å². The fourth-order valence-corrected chi connectivity index (χ4v) is 2.22. The van der Waals surface area contributed by atoms with Gasteiger partial charge in [0.05, 0.1) is 17.2 Å². The molecule has 4 aromatic rings. The first-order chi connectivity index (χ1) is 9.40. The SMILES string of the molecule is c1ccc2c(Nc3ccc4[nH]ncc4c3)n[nH]c2c1. The second-order valence-electron chi connectivity index (χ2n) is 4.41. The van der Waals surface area contributed by atoms with Crippen molar-refractivity contribution in [2.24, 2.45) is 0 Å². The van der Waals surface area contributed by atoms with Crippen molar-refractivity contribution < 1.29 is 0 Å². The lowest BCUT2D eigenvalue weighted by molar-refractivity contribution is 1.12. The highest BCUT2D eigenvalue weighted by atomic mass is 15.2. The Morgan fingerprint density at radius 2 is 1.89 bits per heavy atom. The molecule has 3 N–H and O–H groups in total. The summed E-state index contributed by atoms with van der Waals surface area (Å²) in [6, 6.07) is 14.1. The molecule has 0 saturated heterocycles. The quantitative estimate of drug-likeness (QED) is 0.511. The minimum atomic E-state index is 0.832. The van der Waals surface area contributed by atoms with Gasteiger partial charge in [0, 0.05) is 16.5 Å². The Kier molecular flexibility index (Phi) is 2.05. The number of hydrogen-bond acceptors (Lipinski definition) is 3. The average Bonchev–Trinajstić information content (AvgIpc) is 3.06. The number of aromatic amines is 2. The molecule has 0 spiro atoms. The van der Waals surface area contributed by atoms with Crippen LogP contribution in [0.15, 0.2) is 48.7 Å². The Morgan fingerprint density at radius 1 is 0.947 bits per heavy atom. The standard InChI is InChI=1S/C14H11N5/c1-2-4-13-11(3-1)14(19-18-13)16-10-5-6-12-9(7-10)8-15-17-12/h1-8H,(H,15,17)(H2,16,18,19). The maximum Gasteiger partial charge on any atom is 0.160 e. The van der Waals surface area contributed by atoms with Crippen molar-refractivity contribution in [3.05, 3.63) is 48.7 Å². The molecule has 0 aliphatic heterocycles. The number of para-hydroxylation sites is 1. The number of H-pyrrole nitrogens is 2. The van der Waals surface area contributed by atoms with Crippen LogP contribution in [0.4, 0.5) is 11.5 Å². The van der Waals surface area contributed by atoms with Gasteiger partial charge in [-0.05, 0) is 30.3 Å². The van der Waals surface area contributed by atoms with E-state index < -0.39 is 0 Å². The fourth-order valence-electron chi connectivity index (χ4n) is 2.22. The van der Waals surface area contributed by atoms with Crippen LogP contribution in [0.1, 0.15) is 0 Å². The Balaban J connectivity index is 1.77. The van der Waals surface area contributed by atoms with E-state index >= 15 is 0 Å². The van der Waals surface area contributed by atoms with E-state index in [1.165, 1.54) is 0 Å². The van der Waals surface area contributed by atoms with E-state index in [9.17, 15) is 0 Å². The van der Waals surface area contributed by atoms with Crippen LogP contribution < -0.4 is 5.32 Å². The number of benzene rings is 2. The lowest BCUT2D eigenvalue weighted by Crippen LogP contribution is -1.90. The molecular weight excluding hydrogens is 238 g/mol. The summed E-state index contributed by atoms with van der Waals surface area (Å²) in [5, 5.41) is 19.7. The van der Waals surface area contributed by atoms with Gasteiger partial charge in [0.2, 0.25) is 0 Å². The molecule has 0 bridgehead atoms. The monoisotopic (exact) mass is 249 g/mol. The van der Waals surface area contributed by atoms with E-state index in [0.29, 0.717) is 0 Å². The summed E-state index contributed by atoms with van der Waals surface area (Å²) in [4.78, 5) is 0. The number of anilines is 2. The van der Waals surface area contributed by atoms with Crippen molar-refractivity contribution in [2.75, 3.05) is 5.32 Å². The molecule has 0 radical (unpaired) electrons. The van der Waals surface area contributed by atoms with Gasteiger partial charge < -0.3 is 5.32 Å². The third-order valence-electron chi connectivity index (χ3n) is 3.17. The molecule has 92 valence electrons. The lowest BCUT2D eigenvalue weighted by atomic mass is 10.2. The second-order valence-corrected chi connectivity index (χ2v) is 4.41. The summed E-state index contributed by atoms with van der Waals surface area (Å²) in [6.45, 7) is 0. The van der Waals surface area contributed by atoms with Crippen LogP contribution in [0.3, 0.4) is 0 Å². The van der Waals surface area contributed by atoms with Gasteiger partial charge in [0.15, 0.2) is 5.82 Å². The summed E-state index contributed by atoms with van der Waals surface area (Å²) in [7, 11) is 0. The molecule has 5 nitrogen and oxygen atoms in total.